The number of allylic oxidation sites excluding steroid dienone is 4. The molecular formula is C17H31I. The van der Waals surface area contributed by atoms with Gasteiger partial charge in [-0.15, -0.1) is 0 Å². The largest absolute Gasteiger partial charge is 0.0864 e. The van der Waals surface area contributed by atoms with Crippen LogP contribution in [0.4, 0.5) is 0 Å². The van der Waals surface area contributed by atoms with Crippen LogP contribution in [0.25, 0.3) is 0 Å². The molecule has 0 atom stereocenters. The lowest BCUT2D eigenvalue weighted by atomic mass is 10.1. The van der Waals surface area contributed by atoms with Gasteiger partial charge in [0.2, 0.25) is 0 Å². The highest BCUT2D eigenvalue weighted by molar-refractivity contribution is 14.1. The van der Waals surface area contributed by atoms with Crippen molar-refractivity contribution in [2.75, 3.05) is 4.43 Å². The van der Waals surface area contributed by atoms with Crippen molar-refractivity contribution >= 4 is 22.6 Å². The number of halogens is 1. The van der Waals surface area contributed by atoms with E-state index >= 15 is 0 Å². The molecule has 0 aliphatic heterocycles. The molecule has 0 nitrogen and oxygen atoms in total. The Bertz CT molecular complexity index is 194. The van der Waals surface area contributed by atoms with Crippen molar-refractivity contribution in [3.63, 3.8) is 0 Å². The number of hydrogen-bond donors (Lipinski definition) is 0. The quantitative estimate of drug-likeness (QED) is 0.146. The highest BCUT2D eigenvalue weighted by atomic mass is 127. The predicted molar refractivity (Wildman–Crippen MR) is 93.6 cm³/mol. The Kier molecular flexibility index (Phi) is 17.4. The molecule has 0 radical (unpaired) electrons. The molecule has 0 aromatic rings. The van der Waals surface area contributed by atoms with E-state index in [2.05, 4.69) is 53.8 Å². The molecule has 0 aliphatic rings. The highest BCUT2D eigenvalue weighted by Gasteiger charge is 1.90. The van der Waals surface area contributed by atoms with Crippen LogP contribution in [0.5, 0.6) is 0 Å². The average molecular weight is 362 g/mol. The van der Waals surface area contributed by atoms with Crippen molar-refractivity contribution in [1.29, 1.82) is 0 Å². The molecule has 0 spiro atoms. The molecule has 0 saturated carbocycles. The summed E-state index contributed by atoms with van der Waals surface area (Å²) in [7, 11) is 0. The van der Waals surface area contributed by atoms with Crippen LogP contribution in [-0.4, -0.2) is 4.43 Å². The Hall–Kier alpha value is 0.210. The summed E-state index contributed by atoms with van der Waals surface area (Å²) < 4.78 is 1.33. The van der Waals surface area contributed by atoms with Crippen molar-refractivity contribution in [2.24, 2.45) is 0 Å². The van der Waals surface area contributed by atoms with Gasteiger partial charge < -0.3 is 0 Å². The molecule has 106 valence electrons. The molecule has 0 aromatic carbocycles. The SMILES string of the molecule is CCCC/C=C\C=C/CCCCCCCCCI. The lowest BCUT2D eigenvalue weighted by molar-refractivity contribution is 0.594. The van der Waals surface area contributed by atoms with Gasteiger partial charge in [-0.1, -0.05) is 98.8 Å². The molecule has 0 amide bonds. The van der Waals surface area contributed by atoms with Gasteiger partial charge >= 0.3 is 0 Å². The van der Waals surface area contributed by atoms with Crippen LogP contribution in [-0.2, 0) is 0 Å². The molecule has 18 heavy (non-hydrogen) atoms. The van der Waals surface area contributed by atoms with Gasteiger partial charge in [0, 0.05) is 0 Å². The van der Waals surface area contributed by atoms with E-state index in [9.17, 15) is 0 Å². The monoisotopic (exact) mass is 362 g/mol. The number of rotatable bonds is 13. The van der Waals surface area contributed by atoms with Gasteiger partial charge in [-0.05, 0) is 30.1 Å². The van der Waals surface area contributed by atoms with Crippen molar-refractivity contribution in [3.05, 3.63) is 24.3 Å². The van der Waals surface area contributed by atoms with E-state index in [4.69, 9.17) is 0 Å². The smallest absolute Gasteiger partial charge is 0.000473 e. The molecule has 0 aliphatic carbocycles. The molecule has 0 unspecified atom stereocenters. The maximum Gasteiger partial charge on any atom is -0.000473 e. The first-order valence-corrected chi connectivity index (χ1v) is 9.32. The van der Waals surface area contributed by atoms with E-state index in [1.54, 1.807) is 0 Å². The Morgan fingerprint density at radius 3 is 1.72 bits per heavy atom. The fourth-order valence-corrected chi connectivity index (χ4v) is 2.45. The summed E-state index contributed by atoms with van der Waals surface area (Å²) in [6.45, 7) is 2.24. The minimum Gasteiger partial charge on any atom is -0.0864 e. The minimum atomic E-state index is 1.23. The summed E-state index contributed by atoms with van der Waals surface area (Å²) in [6, 6.07) is 0. The first-order valence-electron chi connectivity index (χ1n) is 7.79. The van der Waals surface area contributed by atoms with E-state index in [1.807, 2.05) is 0 Å². The molecule has 0 heterocycles. The zero-order valence-electron chi connectivity index (χ0n) is 12.2. The maximum absolute atomic E-state index is 2.47. The van der Waals surface area contributed by atoms with E-state index < -0.39 is 0 Å². The summed E-state index contributed by atoms with van der Waals surface area (Å²) in [5, 5.41) is 0. The van der Waals surface area contributed by atoms with Crippen LogP contribution in [0.1, 0.15) is 77.6 Å². The second-order valence-corrected chi connectivity index (χ2v) is 6.03. The lowest BCUT2D eigenvalue weighted by Gasteiger charge is -1.99. The highest BCUT2D eigenvalue weighted by Crippen LogP contribution is 2.09. The normalized spacial score (nSPS) is 11.9. The molecule has 0 saturated heterocycles. The van der Waals surface area contributed by atoms with E-state index in [0.717, 1.165) is 0 Å². The van der Waals surface area contributed by atoms with Gasteiger partial charge in [-0.3, -0.25) is 0 Å². The van der Waals surface area contributed by atoms with Crippen LogP contribution >= 0.6 is 22.6 Å². The van der Waals surface area contributed by atoms with Crippen LogP contribution in [0.2, 0.25) is 0 Å². The molecule has 0 fully saturated rings. The third-order valence-corrected chi connectivity index (χ3v) is 3.87. The standard InChI is InChI=1S/C17H31I/c1-2-3-4-5-6-7-8-9-10-11-12-13-14-15-16-17-18/h5-8H,2-4,9-17H2,1H3/b6-5-,8-7-. The van der Waals surface area contributed by atoms with Gasteiger partial charge in [-0.2, -0.15) is 0 Å². The van der Waals surface area contributed by atoms with Gasteiger partial charge in [-0.25, -0.2) is 0 Å². The maximum atomic E-state index is 2.47. The van der Waals surface area contributed by atoms with Gasteiger partial charge in [0.1, 0.15) is 0 Å². The topological polar surface area (TPSA) is 0 Å². The second-order valence-electron chi connectivity index (χ2n) is 4.95. The zero-order valence-corrected chi connectivity index (χ0v) is 14.3. The fraction of sp³-hybridized carbons (Fsp3) is 0.765. The first kappa shape index (κ1) is 18.2. The molecule has 0 N–H and O–H groups in total. The average Bonchev–Trinajstić information content (AvgIpc) is 2.39. The summed E-state index contributed by atoms with van der Waals surface area (Å²) >= 11 is 2.47. The molecular weight excluding hydrogens is 331 g/mol. The van der Waals surface area contributed by atoms with E-state index in [-0.39, 0.29) is 0 Å². The molecule has 0 aromatic heterocycles. The van der Waals surface area contributed by atoms with E-state index in [1.165, 1.54) is 75.1 Å². The summed E-state index contributed by atoms with van der Waals surface area (Å²) in [5.74, 6) is 0. The zero-order chi connectivity index (χ0) is 13.3. The Morgan fingerprint density at radius 1 is 0.667 bits per heavy atom. The van der Waals surface area contributed by atoms with Crippen LogP contribution in [0, 0.1) is 0 Å². The minimum absolute atomic E-state index is 1.23. The van der Waals surface area contributed by atoms with Gasteiger partial charge in [0.05, 0.1) is 0 Å². The molecule has 0 bridgehead atoms. The Labute approximate surface area is 128 Å². The molecule has 0 rings (SSSR count). The third kappa shape index (κ3) is 16.2. The van der Waals surface area contributed by atoms with Gasteiger partial charge in [0.25, 0.3) is 0 Å². The lowest BCUT2D eigenvalue weighted by Crippen LogP contribution is -1.80. The second kappa shape index (κ2) is 17.2. The Balaban J connectivity index is 3.10. The van der Waals surface area contributed by atoms with Crippen molar-refractivity contribution in [1.82, 2.24) is 0 Å². The summed E-state index contributed by atoms with van der Waals surface area (Å²) in [6.07, 6.45) is 24.1. The first-order chi connectivity index (χ1) is 8.91. The molecule has 1 heteroatoms. The number of alkyl halides is 1. The van der Waals surface area contributed by atoms with Crippen molar-refractivity contribution in [3.8, 4) is 0 Å². The predicted octanol–water partition coefficient (Wildman–Crippen LogP) is 6.84. The van der Waals surface area contributed by atoms with Crippen molar-refractivity contribution < 1.29 is 0 Å². The summed E-state index contributed by atoms with van der Waals surface area (Å²) in [4.78, 5) is 0. The number of unbranched alkanes of at least 4 members (excludes halogenated alkanes) is 9. The fourth-order valence-electron chi connectivity index (χ4n) is 1.91. The van der Waals surface area contributed by atoms with Crippen LogP contribution in [0.15, 0.2) is 24.3 Å². The van der Waals surface area contributed by atoms with E-state index in [0.29, 0.717) is 0 Å². The number of hydrogen-bond acceptors (Lipinski definition) is 0. The van der Waals surface area contributed by atoms with Crippen LogP contribution < -0.4 is 0 Å². The van der Waals surface area contributed by atoms with Gasteiger partial charge in [0.15, 0.2) is 0 Å². The summed E-state index contributed by atoms with van der Waals surface area (Å²) in [5.41, 5.74) is 0. The Morgan fingerprint density at radius 2 is 1.17 bits per heavy atom. The third-order valence-electron chi connectivity index (χ3n) is 3.11. The van der Waals surface area contributed by atoms with Crippen LogP contribution in [0.3, 0.4) is 0 Å². The van der Waals surface area contributed by atoms with Crippen molar-refractivity contribution in [2.45, 2.75) is 77.6 Å².